The SMILES string of the molecule is CN(C)CC(=O)NCC1(C(=O)Nc2cncc3ccccc23)CCOc2ccc(Cl)cc21. The Kier molecular flexibility index (Phi) is 6.30. The number of pyridine rings is 1. The molecule has 1 unspecified atom stereocenters. The van der Waals surface area contributed by atoms with Crippen molar-refractivity contribution in [2.45, 2.75) is 11.8 Å². The van der Waals surface area contributed by atoms with E-state index >= 15 is 0 Å². The van der Waals surface area contributed by atoms with Crippen LogP contribution in [0.3, 0.4) is 0 Å². The fourth-order valence-corrected chi connectivity index (χ4v) is 4.19. The second kappa shape index (κ2) is 9.14. The Morgan fingerprint density at radius 1 is 1.19 bits per heavy atom. The minimum atomic E-state index is -1.04. The molecule has 8 heteroatoms. The fourth-order valence-electron chi connectivity index (χ4n) is 4.02. The number of nitrogens with zero attached hydrogens (tertiary/aromatic N) is 2. The van der Waals surface area contributed by atoms with Crippen molar-refractivity contribution in [3.63, 3.8) is 0 Å². The van der Waals surface area contributed by atoms with Gasteiger partial charge >= 0.3 is 0 Å². The lowest BCUT2D eigenvalue weighted by Crippen LogP contribution is -2.52. The van der Waals surface area contributed by atoms with Gasteiger partial charge in [-0.3, -0.25) is 14.6 Å². The molecule has 0 bridgehead atoms. The third-order valence-electron chi connectivity index (χ3n) is 5.64. The van der Waals surface area contributed by atoms with Gasteiger partial charge in [0.25, 0.3) is 0 Å². The first kappa shape index (κ1) is 22.0. The molecule has 4 rings (SSSR count). The topological polar surface area (TPSA) is 83.6 Å². The van der Waals surface area contributed by atoms with Crippen LogP contribution >= 0.6 is 11.6 Å². The molecule has 0 saturated heterocycles. The molecule has 0 fully saturated rings. The molecule has 7 nitrogen and oxygen atoms in total. The van der Waals surface area contributed by atoms with E-state index in [4.69, 9.17) is 16.3 Å². The number of carbonyl (C=O) groups excluding carboxylic acids is 2. The van der Waals surface area contributed by atoms with Gasteiger partial charge in [-0.2, -0.15) is 0 Å². The number of benzene rings is 2. The van der Waals surface area contributed by atoms with E-state index in [-0.39, 0.29) is 24.9 Å². The van der Waals surface area contributed by atoms with E-state index in [0.717, 1.165) is 10.8 Å². The molecule has 2 amide bonds. The fraction of sp³-hybridized carbons (Fsp3) is 0.292. The number of rotatable bonds is 6. The predicted molar refractivity (Wildman–Crippen MR) is 125 cm³/mol. The molecule has 3 aromatic rings. The maximum Gasteiger partial charge on any atom is 0.237 e. The van der Waals surface area contributed by atoms with E-state index in [9.17, 15) is 9.59 Å². The van der Waals surface area contributed by atoms with Crippen molar-refractivity contribution >= 4 is 39.9 Å². The van der Waals surface area contributed by atoms with Crippen LogP contribution in [0.15, 0.2) is 54.9 Å². The monoisotopic (exact) mass is 452 g/mol. The van der Waals surface area contributed by atoms with Crippen molar-refractivity contribution in [1.29, 1.82) is 0 Å². The van der Waals surface area contributed by atoms with Crippen molar-refractivity contribution in [1.82, 2.24) is 15.2 Å². The van der Waals surface area contributed by atoms with Gasteiger partial charge in [0.1, 0.15) is 5.75 Å². The van der Waals surface area contributed by atoms with Gasteiger partial charge in [0, 0.05) is 40.5 Å². The minimum absolute atomic E-state index is 0.125. The number of hydrogen-bond donors (Lipinski definition) is 2. The maximum absolute atomic E-state index is 13.8. The minimum Gasteiger partial charge on any atom is -0.493 e. The van der Waals surface area contributed by atoms with Gasteiger partial charge in [0.2, 0.25) is 11.8 Å². The van der Waals surface area contributed by atoms with E-state index in [1.807, 2.05) is 38.4 Å². The number of carbonyl (C=O) groups is 2. The highest BCUT2D eigenvalue weighted by atomic mass is 35.5. The number of hydrogen-bond acceptors (Lipinski definition) is 5. The number of ether oxygens (including phenoxy) is 1. The second-order valence-corrected chi connectivity index (χ2v) is 8.63. The summed E-state index contributed by atoms with van der Waals surface area (Å²) in [5.74, 6) is 0.186. The molecule has 1 aliphatic heterocycles. The molecule has 2 aromatic carbocycles. The Bertz CT molecular complexity index is 1160. The van der Waals surface area contributed by atoms with Gasteiger partial charge in [-0.15, -0.1) is 0 Å². The van der Waals surface area contributed by atoms with E-state index in [2.05, 4.69) is 15.6 Å². The highest BCUT2D eigenvalue weighted by Crippen LogP contribution is 2.41. The largest absolute Gasteiger partial charge is 0.493 e. The van der Waals surface area contributed by atoms with Crippen LogP contribution in [-0.2, 0) is 15.0 Å². The zero-order chi connectivity index (χ0) is 22.7. The van der Waals surface area contributed by atoms with Crippen LogP contribution in [0.25, 0.3) is 10.8 Å². The maximum atomic E-state index is 13.8. The van der Waals surface area contributed by atoms with Crippen LogP contribution in [0, 0.1) is 0 Å². The van der Waals surface area contributed by atoms with Gasteiger partial charge in [0.15, 0.2) is 0 Å². The number of amides is 2. The number of halogens is 1. The standard InChI is InChI=1S/C24H25ClN4O3/c1-29(2)14-22(30)27-15-24(9-10-32-21-8-7-17(25)11-19(21)24)23(31)28-20-13-26-12-16-5-3-4-6-18(16)20/h3-8,11-13H,9-10,14-15H2,1-2H3,(H,27,30)(H,28,31). The summed E-state index contributed by atoms with van der Waals surface area (Å²) in [5.41, 5.74) is 0.228. The lowest BCUT2D eigenvalue weighted by molar-refractivity contribution is -0.124. The van der Waals surface area contributed by atoms with E-state index in [0.29, 0.717) is 35.1 Å². The van der Waals surface area contributed by atoms with Crippen molar-refractivity contribution in [2.24, 2.45) is 0 Å². The molecule has 32 heavy (non-hydrogen) atoms. The first-order valence-electron chi connectivity index (χ1n) is 10.4. The first-order valence-corrected chi connectivity index (χ1v) is 10.8. The second-order valence-electron chi connectivity index (χ2n) is 8.20. The Morgan fingerprint density at radius 3 is 2.81 bits per heavy atom. The lowest BCUT2D eigenvalue weighted by Gasteiger charge is -2.38. The smallest absolute Gasteiger partial charge is 0.237 e. The molecule has 166 valence electrons. The molecule has 0 radical (unpaired) electrons. The average Bonchev–Trinajstić information content (AvgIpc) is 2.77. The molecular formula is C24H25ClN4O3. The molecule has 0 saturated carbocycles. The van der Waals surface area contributed by atoms with E-state index in [1.165, 1.54) is 0 Å². The van der Waals surface area contributed by atoms with Gasteiger partial charge in [-0.1, -0.05) is 35.9 Å². The number of aromatic nitrogens is 1. The lowest BCUT2D eigenvalue weighted by atomic mass is 9.74. The Hall–Kier alpha value is -3.16. The number of anilines is 1. The van der Waals surface area contributed by atoms with E-state index in [1.54, 1.807) is 35.5 Å². The number of fused-ring (bicyclic) bond motifs is 2. The van der Waals surface area contributed by atoms with Crippen molar-refractivity contribution < 1.29 is 14.3 Å². The van der Waals surface area contributed by atoms with Crippen molar-refractivity contribution in [3.8, 4) is 5.75 Å². The van der Waals surface area contributed by atoms with Gasteiger partial charge in [-0.05, 0) is 32.3 Å². The molecule has 1 aromatic heterocycles. The van der Waals surface area contributed by atoms with Crippen LogP contribution < -0.4 is 15.4 Å². The van der Waals surface area contributed by atoms with Crippen LogP contribution in [-0.4, -0.2) is 55.5 Å². The summed E-state index contributed by atoms with van der Waals surface area (Å²) in [6.07, 6.45) is 3.79. The molecule has 0 spiro atoms. The molecule has 2 N–H and O–H groups in total. The van der Waals surface area contributed by atoms with Crippen LogP contribution in [0.2, 0.25) is 5.02 Å². The van der Waals surface area contributed by atoms with Gasteiger partial charge < -0.3 is 20.3 Å². The quantitative estimate of drug-likeness (QED) is 0.600. The first-order chi connectivity index (χ1) is 15.4. The summed E-state index contributed by atoms with van der Waals surface area (Å²) in [7, 11) is 3.64. The normalized spacial score (nSPS) is 17.5. The predicted octanol–water partition coefficient (Wildman–Crippen LogP) is 3.23. The Balaban J connectivity index is 1.72. The van der Waals surface area contributed by atoms with Crippen LogP contribution in [0.5, 0.6) is 5.75 Å². The molecule has 1 atom stereocenters. The number of likely N-dealkylation sites (N-methyl/N-ethyl adjacent to an activating group) is 1. The molecular weight excluding hydrogens is 428 g/mol. The highest BCUT2D eigenvalue weighted by molar-refractivity contribution is 6.30. The Morgan fingerprint density at radius 2 is 2.00 bits per heavy atom. The third kappa shape index (κ3) is 4.40. The molecule has 0 aliphatic carbocycles. The van der Waals surface area contributed by atoms with E-state index < -0.39 is 5.41 Å². The zero-order valence-electron chi connectivity index (χ0n) is 18.0. The number of nitrogens with one attached hydrogen (secondary N) is 2. The summed E-state index contributed by atoms with van der Waals surface area (Å²) in [4.78, 5) is 32.3. The summed E-state index contributed by atoms with van der Waals surface area (Å²) in [6.45, 7) is 0.698. The molecule has 2 heterocycles. The average molecular weight is 453 g/mol. The Labute approximate surface area is 191 Å². The summed E-state index contributed by atoms with van der Waals surface area (Å²) in [5, 5.41) is 8.30. The summed E-state index contributed by atoms with van der Waals surface area (Å²) in [6, 6.07) is 13.0. The van der Waals surface area contributed by atoms with Crippen LogP contribution in [0.1, 0.15) is 12.0 Å². The van der Waals surface area contributed by atoms with Crippen molar-refractivity contribution in [3.05, 3.63) is 65.4 Å². The zero-order valence-corrected chi connectivity index (χ0v) is 18.8. The molecule has 1 aliphatic rings. The highest BCUT2D eigenvalue weighted by Gasteiger charge is 2.45. The van der Waals surface area contributed by atoms with Gasteiger partial charge in [0.05, 0.1) is 30.5 Å². The summed E-state index contributed by atoms with van der Waals surface area (Å²) >= 11 is 6.29. The van der Waals surface area contributed by atoms with Gasteiger partial charge in [-0.25, -0.2) is 0 Å². The van der Waals surface area contributed by atoms with Crippen LogP contribution in [0.4, 0.5) is 5.69 Å². The third-order valence-corrected chi connectivity index (χ3v) is 5.88. The van der Waals surface area contributed by atoms with Crippen molar-refractivity contribution in [2.75, 3.05) is 39.1 Å². The summed E-state index contributed by atoms with van der Waals surface area (Å²) < 4.78 is 5.80.